The maximum Gasteiger partial charge on any atom is 0.236 e. The third-order valence-electron chi connectivity index (χ3n) is 2.07. The summed E-state index contributed by atoms with van der Waals surface area (Å²) >= 11 is 1.75. The van der Waals surface area contributed by atoms with Crippen molar-refractivity contribution < 1.29 is 4.52 Å². The standard InChI is InChI=1S/C10H20N4OS/c1-7(4-11)5-16-6-8-13-9(14-15-8)10(2,3)12/h7H,4-6,11-12H2,1-3H3. The molecule has 0 bridgehead atoms. The molecule has 0 aliphatic heterocycles. The Morgan fingerprint density at radius 3 is 2.69 bits per heavy atom. The zero-order valence-corrected chi connectivity index (χ0v) is 10.9. The van der Waals surface area contributed by atoms with Crippen molar-refractivity contribution in [1.29, 1.82) is 0 Å². The van der Waals surface area contributed by atoms with Gasteiger partial charge < -0.3 is 16.0 Å². The molecule has 1 unspecified atom stereocenters. The molecule has 0 aliphatic carbocycles. The Kier molecular flexibility index (Phi) is 4.76. The van der Waals surface area contributed by atoms with Gasteiger partial charge in [0.2, 0.25) is 5.89 Å². The lowest BCUT2D eigenvalue weighted by molar-refractivity contribution is 0.369. The van der Waals surface area contributed by atoms with Crippen molar-refractivity contribution in [3.8, 4) is 0 Å². The summed E-state index contributed by atoms with van der Waals surface area (Å²) in [7, 11) is 0. The monoisotopic (exact) mass is 244 g/mol. The highest BCUT2D eigenvalue weighted by atomic mass is 32.2. The Morgan fingerprint density at radius 2 is 2.19 bits per heavy atom. The fourth-order valence-corrected chi connectivity index (χ4v) is 1.94. The first kappa shape index (κ1) is 13.5. The maximum atomic E-state index is 5.86. The van der Waals surface area contributed by atoms with Crippen molar-refractivity contribution in [3.05, 3.63) is 11.7 Å². The van der Waals surface area contributed by atoms with Gasteiger partial charge in [-0.1, -0.05) is 12.1 Å². The van der Waals surface area contributed by atoms with E-state index in [1.54, 1.807) is 11.8 Å². The minimum Gasteiger partial charge on any atom is -0.338 e. The van der Waals surface area contributed by atoms with Gasteiger partial charge in [-0.05, 0) is 32.1 Å². The molecule has 6 heteroatoms. The molecule has 0 spiro atoms. The Labute approximate surface area is 100 Å². The molecular weight excluding hydrogens is 224 g/mol. The molecule has 16 heavy (non-hydrogen) atoms. The van der Waals surface area contributed by atoms with Gasteiger partial charge in [0.1, 0.15) is 0 Å². The second-order valence-electron chi connectivity index (χ2n) is 4.59. The van der Waals surface area contributed by atoms with Crippen LogP contribution in [0, 0.1) is 5.92 Å². The number of thioether (sulfide) groups is 1. The molecular formula is C10H20N4OS. The third-order valence-corrected chi connectivity index (χ3v) is 3.33. The number of hydrogen-bond donors (Lipinski definition) is 2. The molecule has 5 nitrogen and oxygen atoms in total. The summed E-state index contributed by atoms with van der Waals surface area (Å²) < 4.78 is 5.11. The molecule has 0 saturated carbocycles. The van der Waals surface area contributed by atoms with E-state index < -0.39 is 5.54 Å². The van der Waals surface area contributed by atoms with E-state index in [0.717, 1.165) is 5.75 Å². The number of nitrogens with zero attached hydrogens (tertiary/aromatic N) is 2. The summed E-state index contributed by atoms with van der Waals surface area (Å²) in [6, 6.07) is 0. The average Bonchev–Trinajstić information content (AvgIpc) is 2.65. The van der Waals surface area contributed by atoms with Crippen LogP contribution < -0.4 is 11.5 Å². The third kappa shape index (κ3) is 4.11. The average molecular weight is 244 g/mol. The predicted octanol–water partition coefficient (Wildman–Crippen LogP) is 1.09. The first-order valence-corrected chi connectivity index (χ1v) is 6.48. The maximum absolute atomic E-state index is 5.86. The second kappa shape index (κ2) is 5.65. The first-order valence-electron chi connectivity index (χ1n) is 5.33. The zero-order chi connectivity index (χ0) is 12.2. The summed E-state index contributed by atoms with van der Waals surface area (Å²) in [5.41, 5.74) is 10.8. The number of rotatable bonds is 6. The molecule has 0 aliphatic rings. The second-order valence-corrected chi connectivity index (χ2v) is 5.62. The minimum atomic E-state index is -0.545. The van der Waals surface area contributed by atoms with Crippen molar-refractivity contribution in [3.63, 3.8) is 0 Å². The van der Waals surface area contributed by atoms with Crippen LogP contribution in [0.15, 0.2) is 4.52 Å². The number of nitrogens with two attached hydrogens (primary N) is 2. The van der Waals surface area contributed by atoms with Gasteiger partial charge in [-0.2, -0.15) is 16.7 Å². The highest BCUT2D eigenvalue weighted by molar-refractivity contribution is 7.98. The van der Waals surface area contributed by atoms with Crippen molar-refractivity contribution in [2.45, 2.75) is 32.1 Å². The molecule has 1 aromatic rings. The summed E-state index contributed by atoms with van der Waals surface area (Å²) in [4.78, 5) is 4.25. The number of hydrogen-bond acceptors (Lipinski definition) is 6. The highest BCUT2D eigenvalue weighted by Crippen LogP contribution is 2.17. The van der Waals surface area contributed by atoms with Crippen LogP contribution in [0.2, 0.25) is 0 Å². The molecule has 4 N–H and O–H groups in total. The molecule has 92 valence electrons. The molecule has 0 fully saturated rings. The van der Waals surface area contributed by atoms with Crippen molar-refractivity contribution in [2.24, 2.45) is 17.4 Å². The van der Waals surface area contributed by atoms with Crippen LogP contribution in [0.5, 0.6) is 0 Å². The molecule has 0 saturated heterocycles. The van der Waals surface area contributed by atoms with E-state index in [4.69, 9.17) is 16.0 Å². The van der Waals surface area contributed by atoms with Crippen molar-refractivity contribution in [1.82, 2.24) is 10.1 Å². The van der Waals surface area contributed by atoms with Gasteiger partial charge in [0, 0.05) is 0 Å². The van der Waals surface area contributed by atoms with E-state index in [2.05, 4.69) is 17.1 Å². The molecule has 1 rings (SSSR count). The van der Waals surface area contributed by atoms with Gasteiger partial charge in [-0.15, -0.1) is 0 Å². The van der Waals surface area contributed by atoms with E-state index in [0.29, 0.717) is 29.9 Å². The lowest BCUT2D eigenvalue weighted by Gasteiger charge is -2.11. The zero-order valence-electron chi connectivity index (χ0n) is 10.1. The van der Waals surface area contributed by atoms with E-state index in [9.17, 15) is 0 Å². The number of aromatic nitrogens is 2. The van der Waals surface area contributed by atoms with Crippen LogP contribution in [-0.4, -0.2) is 22.4 Å². The van der Waals surface area contributed by atoms with Crippen LogP contribution in [0.4, 0.5) is 0 Å². The Balaban J connectivity index is 2.41. The smallest absolute Gasteiger partial charge is 0.236 e. The van der Waals surface area contributed by atoms with Crippen molar-refractivity contribution >= 4 is 11.8 Å². The normalized spacial score (nSPS) is 14.1. The van der Waals surface area contributed by atoms with Crippen LogP contribution >= 0.6 is 11.8 Å². The summed E-state index contributed by atoms with van der Waals surface area (Å²) in [6.07, 6.45) is 0. The molecule has 0 radical (unpaired) electrons. The lowest BCUT2D eigenvalue weighted by atomic mass is 10.1. The van der Waals surface area contributed by atoms with Gasteiger partial charge in [0.15, 0.2) is 5.82 Å². The van der Waals surface area contributed by atoms with E-state index >= 15 is 0 Å². The van der Waals surface area contributed by atoms with E-state index in [-0.39, 0.29) is 0 Å². The first-order chi connectivity index (χ1) is 7.43. The van der Waals surface area contributed by atoms with Gasteiger partial charge in [-0.25, -0.2) is 0 Å². The molecule has 1 atom stereocenters. The van der Waals surface area contributed by atoms with Gasteiger partial charge in [-0.3, -0.25) is 0 Å². The summed E-state index contributed by atoms with van der Waals surface area (Å²) in [5, 5.41) is 3.86. The van der Waals surface area contributed by atoms with Crippen LogP contribution in [-0.2, 0) is 11.3 Å². The van der Waals surface area contributed by atoms with E-state index in [1.165, 1.54) is 0 Å². The summed E-state index contributed by atoms with van der Waals surface area (Å²) in [6.45, 7) is 6.53. The predicted molar refractivity (Wildman–Crippen MR) is 65.9 cm³/mol. The van der Waals surface area contributed by atoms with Gasteiger partial charge >= 0.3 is 0 Å². The molecule has 1 heterocycles. The van der Waals surface area contributed by atoms with Gasteiger partial charge in [0.05, 0.1) is 11.3 Å². The Morgan fingerprint density at radius 1 is 1.50 bits per heavy atom. The Hall–Kier alpha value is -0.590. The highest BCUT2D eigenvalue weighted by Gasteiger charge is 2.21. The summed E-state index contributed by atoms with van der Waals surface area (Å²) in [5.74, 6) is 3.41. The fraction of sp³-hybridized carbons (Fsp3) is 0.800. The minimum absolute atomic E-state index is 0.512. The van der Waals surface area contributed by atoms with Crippen LogP contribution in [0.25, 0.3) is 0 Å². The van der Waals surface area contributed by atoms with Crippen molar-refractivity contribution in [2.75, 3.05) is 12.3 Å². The van der Waals surface area contributed by atoms with Crippen LogP contribution in [0.3, 0.4) is 0 Å². The largest absolute Gasteiger partial charge is 0.338 e. The van der Waals surface area contributed by atoms with Crippen LogP contribution in [0.1, 0.15) is 32.5 Å². The molecule has 0 aromatic carbocycles. The molecule has 0 amide bonds. The Bertz CT molecular complexity index is 321. The lowest BCUT2D eigenvalue weighted by Crippen LogP contribution is -2.30. The topological polar surface area (TPSA) is 91.0 Å². The SMILES string of the molecule is CC(CN)CSCc1nc(C(C)(C)N)no1. The van der Waals surface area contributed by atoms with E-state index in [1.807, 2.05) is 13.8 Å². The molecule has 1 aromatic heterocycles. The van der Waals surface area contributed by atoms with Gasteiger partial charge in [0.25, 0.3) is 0 Å². The fourth-order valence-electron chi connectivity index (χ4n) is 0.991. The quantitative estimate of drug-likeness (QED) is 0.778.